The van der Waals surface area contributed by atoms with Crippen LogP contribution in [0.2, 0.25) is 0 Å². The molecule has 5 nitrogen and oxygen atoms in total. The smallest absolute Gasteiger partial charge is 0.340 e. The largest absolute Gasteiger partial charge is 0.449 e. The van der Waals surface area contributed by atoms with Gasteiger partial charge in [-0.05, 0) is 37.8 Å². The van der Waals surface area contributed by atoms with Gasteiger partial charge >= 0.3 is 5.97 Å². The van der Waals surface area contributed by atoms with Gasteiger partial charge in [0.1, 0.15) is 0 Å². The highest BCUT2D eigenvalue weighted by atomic mass is 32.2. The molecule has 1 fully saturated rings. The fraction of sp³-hybridized carbons (Fsp3) is 0.556. The van der Waals surface area contributed by atoms with E-state index in [2.05, 4.69) is 12.2 Å². The van der Waals surface area contributed by atoms with Crippen LogP contribution >= 0.6 is 0 Å². The predicted molar refractivity (Wildman–Crippen MR) is 93.2 cm³/mol. The molecule has 0 aliphatic heterocycles. The Morgan fingerprint density at radius 3 is 2.58 bits per heavy atom. The van der Waals surface area contributed by atoms with E-state index in [1.54, 1.807) is 31.2 Å². The van der Waals surface area contributed by atoms with Crippen LogP contribution in [0.3, 0.4) is 0 Å². The molecule has 0 spiro atoms. The number of carbonyl (C=O) groups excluding carboxylic acids is 2. The summed E-state index contributed by atoms with van der Waals surface area (Å²) in [6.07, 6.45) is 5.00. The molecule has 132 valence electrons. The second kappa shape index (κ2) is 8.42. The van der Waals surface area contributed by atoms with Gasteiger partial charge in [0.15, 0.2) is 6.10 Å². The van der Waals surface area contributed by atoms with Crippen LogP contribution in [0.25, 0.3) is 0 Å². The number of benzene rings is 1. The predicted octanol–water partition coefficient (Wildman–Crippen LogP) is 2.66. The number of hydrogen-bond donors (Lipinski definition) is 1. The maximum Gasteiger partial charge on any atom is 0.340 e. The van der Waals surface area contributed by atoms with Crippen molar-refractivity contribution in [1.29, 1.82) is 0 Å². The second-order valence-corrected chi connectivity index (χ2v) is 7.72. The minimum Gasteiger partial charge on any atom is -0.449 e. The third kappa shape index (κ3) is 4.66. The molecule has 0 aromatic heterocycles. The van der Waals surface area contributed by atoms with Crippen molar-refractivity contribution in [3.63, 3.8) is 0 Å². The van der Waals surface area contributed by atoms with Crippen molar-refractivity contribution in [2.24, 2.45) is 5.92 Å². The van der Waals surface area contributed by atoms with Gasteiger partial charge in [-0.25, -0.2) is 4.79 Å². The van der Waals surface area contributed by atoms with Crippen LogP contribution in [-0.4, -0.2) is 34.5 Å². The summed E-state index contributed by atoms with van der Waals surface area (Å²) in [6.45, 7) is 3.69. The molecule has 1 aromatic carbocycles. The first-order chi connectivity index (χ1) is 11.4. The molecule has 0 radical (unpaired) electrons. The van der Waals surface area contributed by atoms with Crippen molar-refractivity contribution in [1.82, 2.24) is 5.32 Å². The van der Waals surface area contributed by atoms with Gasteiger partial charge in [0.05, 0.1) is 21.3 Å². The fourth-order valence-corrected chi connectivity index (χ4v) is 3.73. The zero-order chi connectivity index (χ0) is 17.7. The average Bonchev–Trinajstić information content (AvgIpc) is 2.56. The number of hydrogen-bond acceptors (Lipinski definition) is 4. The first kappa shape index (κ1) is 18.6. The highest BCUT2D eigenvalue weighted by Gasteiger charge is 2.27. The molecule has 1 saturated carbocycles. The lowest BCUT2D eigenvalue weighted by Gasteiger charge is -2.30. The normalized spacial score (nSPS) is 23.1. The molecular formula is C18H25NO4S. The third-order valence-corrected chi connectivity index (χ3v) is 5.48. The Bertz CT molecular complexity index is 631. The maximum absolute atomic E-state index is 12.3. The Hall–Kier alpha value is -1.69. The zero-order valence-electron chi connectivity index (χ0n) is 14.4. The van der Waals surface area contributed by atoms with Crippen LogP contribution in [0.15, 0.2) is 29.2 Å². The lowest BCUT2D eigenvalue weighted by molar-refractivity contribution is -0.130. The Kier molecular flexibility index (Phi) is 6.54. The van der Waals surface area contributed by atoms with Gasteiger partial charge in [0.2, 0.25) is 0 Å². The summed E-state index contributed by atoms with van der Waals surface area (Å²) in [7, 11) is -1.30. The van der Waals surface area contributed by atoms with E-state index in [4.69, 9.17) is 4.74 Å². The molecule has 1 aliphatic rings. The Labute approximate surface area is 145 Å². The van der Waals surface area contributed by atoms with Crippen LogP contribution in [0.4, 0.5) is 0 Å². The van der Waals surface area contributed by atoms with Gasteiger partial charge < -0.3 is 10.1 Å². The summed E-state index contributed by atoms with van der Waals surface area (Å²) >= 11 is 0. The van der Waals surface area contributed by atoms with Gasteiger partial charge in [-0.2, -0.15) is 0 Å². The quantitative estimate of drug-likeness (QED) is 0.828. The Balaban J connectivity index is 1.98. The van der Waals surface area contributed by atoms with Crippen LogP contribution in [0.5, 0.6) is 0 Å². The lowest BCUT2D eigenvalue weighted by Crippen LogP contribution is -2.46. The van der Waals surface area contributed by atoms with Gasteiger partial charge in [0, 0.05) is 12.3 Å². The molecule has 1 amide bonds. The summed E-state index contributed by atoms with van der Waals surface area (Å²) in [4.78, 5) is 25.0. The van der Waals surface area contributed by atoms with E-state index in [9.17, 15) is 13.8 Å². The Morgan fingerprint density at radius 1 is 1.25 bits per heavy atom. The van der Waals surface area contributed by atoms with Crippen molar-refractivity contribution < 1.29 is 18.5 Å². The lowest BCUT2D eigenvalue weighted by atomic mass is 9.86. The van der Waals surface area contributed by atoms with E-state index in [1.165, 1.54) is 12.7 Å². The highest BCUT2D eigenvalue weighted by Crippen LogP contribution is 2.24. The van der Waals surface area contributed by atoms with E-state index < -0.39 is 22.9 Å². The molecule has 0 heterocycles. The zero-order valence-corrected chi connectivity index (χ0v) is 15.2. The monoisotopic (exact) mass is 351 g/mol. The standard InChI is InChI=1S/C18H25NO4S/c1-12-8-4-6-10-15(12)19-17(20)13(2)23-18(21)14-9-5-7-11-16(14)24(3)22/h5,7,9,11-13,15H,4,6,8,10H2,1-3H3,(H,19,20)/t12-,13+,15+,24+/m0/s1. The third-order valence-electron chi connectivity index (χ3n) is 4.51. The summed E-state index contributed by atoms with van der Waals surface area (Å²) in [5, 5.41) is 2.99. The summed E-state index contributed by atoms with van der Waals surface area (Å²) in [6, 6.07) is 6.73. The highest BCUT2D eigenvalue weighted by molar-refractivity contribution is 7.84. The molecule has 24 heavy (non-hydrogen) atoms. The molecule has 1 aliphatic carbocycles. The summed E-state index contributed by atoms with van der Waals surface area (Å²) < 4.78 is 17.0. The number of amides is 1. The van der Waals surface area contributed by atoms with Crippen LogP contribution in [-0.2, 0) is 20.3 Å². The van der Waals surface area contributed by atoms with Crippen molar-refractivity contribution in [2.75, 3.05) is 6.26 Å². The van der Waals surface area contributed by atoms with Crippen molar-refractivity contribution in [3.8, 4) is 0 Å². The van der Waals surface area contributed by atoms with E-state index >= 15 is 0 Å². The van der Waals surface area contributed by atoms with Crippen LogP contribution in [0, 0.1) is 5.92 Å². The van der Waals surface area contributed by atoms with Crippen molar-refractivity contribution >= 4 is 22.7 Å². The molecule has 6 heteroatoms. The molecule has 1 N–H and O–H groups in total. The van der Waals surface area contributed by atoms with Gasteiger partial charge in [-0.1, -0.05) is 31.9 Å². The van der Waals surface area contributed by atoms with Crippen LogP contribution < -0.4 is 5.32 Å². The summed E-state index contributed by atoms with van der Waals surface area (Å²) in [5.74, 6) is -0.466. The fourth-order valence-electron chi connectivity index (χ4n) is 2.99. The van der Waals surface area contributed by atoms with Gasteiger partial charge in [0.25, 0.3) is 5.91 Å². The first-order valence-corrected chi connectivity index (χ1v) is 9.89. The number of esters is 1. The average molecular weight is 351 g/mol. The number of ether oxygens (including phenoxy) is 1. The maximum atomic E-state index is 12.3. The first-order valence-electron chi connectivity index (χ1n) is 8.34. The molecule has 0 unspecified atom stereocenters. The van der Waals surface area contributed by atoms with E-state index in [0.29, 0.717) is 10.8 Å². The molecular weight excluding hydrogens is 326 g/mol. The molecule has 1 aromatic rings. The number of carbonyl (C=O) groups is 2. The molecule has 2 rings (SSSR count). The molecule has 0 bridgehead atoms. The van der Waals surface area contributed by atoms with Crippen molar-refractivity contribution in [2.45, 2.75) is 56.6 Å². The number of nitrogens with one attached hydrogen (secondary N) is 1. The van der Waals surface area contributed by atoms with E-state index in [1.807, 2.05) is 0 Å². The molecule has 0 saturated heterocycles. The van der Waals surface area contributed by atoms with E-state index in [-0.39, 0.29) is 17.5 Å². The van der Waals surface area contributed by atoms with Gasteiger partial charge in [-0.15, -0.1) is 0 Å². The number of rotatable bonds is 5. The van der Waals surface area contributed by atoms with Crippen LogP contribution in [0.1, 0.15) is 49.9 Å². The van der Waals surface area contributed by atoms with Crippen molar-refractivity contribution in [3.05, 3.63) is 29.8 Å². The topological polar surface area (TPSA) is 72.5 Å². The SMILES string of the molecule is C[C@@H](OC(=O)c1ccccc1[S@@](C)=O)C(=O)N[C@@H]1CCCC[C@@H]1C. The second-order valence-electron chi connectivity index (χ2n) is 6.37. The van der Waals surface area contributed by atoms with E-state index in [0.717, 1.165) is 19.3 Å². The molecule has 4 atom stereocenters. The van der Waals surface area contributed by atoms with Gasteiger partial charge in [-0.3, -0.25) is 9.00 Å². The minimum atomic E-state index is -1.30. The Morgan fingerprint density at radius 2 is 1.92 bits per heavy atom. The summed E-state index contributed by atoms with van der Waals surface area (Å²) in [5.41, 5.74) is 0.240. The minimum absolute atomic E-state index is 0.142.